The number of methoxy groups -OCH3 is 1. The van der Waals surface area contributed by atoms with Gasteiger partial charge in [-0.2, -0.15) is 6.15 Å². The van der Waals surface area contributed by atoms with Gasteiger partial charge < -0.3 is 9.47 Å². The third kappa shape index (κ3) is 7.13. The summed E-state index contributed by atoms with van der Waals surface area (Å²) in [7, 11) is 1.54. The molecule has 0 unspecified atom stereocenters. The summed E-state index contributed by atoms with van der Waals surface area (Å²) in [6.45, 7) is 3.95. The van der Waals surface area contributed by atoms with E-state index in [1.165, 1.54) is 0 Å². The van der Waals surface area contributed by atoms with E-state index < -0.39 is 5.97 Å². The van der Waals surface area contributed by atoms with Gasteiger partial charge in [0.25, 0.3) is 0 Å². The molecule has 0 aromatic rings. The van der Waals surface area contributed by atoms with Gasteiger partial charge in [-0.05, 0) is 0 Å². The van der Waals surface area contributed by atoms with Crippen LogP contribution < -0.4 is 6.15 Å². The Bertz CT molecular complexity index is 103. The van der Waals surface area contributed by atoms with Gasteiger partial charge in [-0.3, -0.25) is 0 Å². The average molecular weight is 145 g/mol. The topological polar surface area (TPSA) is 67.5 Å². The molecule has 0 atom stereocenters. The molecular weight excluding hydrogens is 134 g/mol. The second-order valence-corrected chi connectivity index (χ2v) is 1.36. The van der Waals surface area contributed by atoms with E-state index in [1.54, 1.807) is 7.11 Å². The summed E-state index contributed by atoms with van der Waals surface area (Å²) in [5.74, 6) is -0.410. The third-order valence-electron chi connectivity index (χ3n) is 0.698. The van der Waals surface area contributed by atoms with Crippen LogP contribution >= 0.6 is 0 Å². The van der Waals surface area contributed by atoms with Crippen LogP contribution in [-0.2, 0) is 14.3 Å². The largest absolute Gasteiger partial charge is 0.460 e. The lowest BCUT2D eigenvalue weighted by Crippen LogP contribution is -2.06. The Morgan fingerprint density at radius 1 is 1.60 bits per heavy atom. The number of hydrogen-bond donors (Lipinski definition) is 0. The van der Waals surface area contributed by atoms with E-state index in [0.29, 0.717) is 13.2 Å². The average Bonchev–Trinajstić information content (AvgIpc) is 1.89. The first-order valence-corrected chi connectivity index (χ1v) is 2.59. The summed E-state index contributed by atoms with van der Waals surface area (Å²) in [6.07, 6.45) is 1.12. The first kappa shape index (κ1) is 11.9. The molecule has 0 rings (SSSR count). The Labute approximate surface area is 60.4 Å². The molecule has 0 aliphatic rings. The number of rotatable bonds is 4. The predicted molar refractivity (Wildman–Crippen MR) is 36.1 cm³/mol. The molecule has 0 bridgehead atoms. The Hall–Kier alpha value is -0.870. The van der Waals surface area contributed by atoms with Crippen molar-refractivity contribution >= 4 is 5.97 Å². The summed E-state index contributed by atoms with van der Waals surface area (Å²) < 4.78 is 9.17. The maximum absolute atomic E-state index is 10.3. The first-order chi connectivity index (χ1) is 4.31. The van der Waals surface area contributed by atoms with Gasteiger partial charge in [0.15, 0.2) is 0 Å². The molecule has 0 saturated heterocycles. The van der Waals surface area contributed by atoms with E-state index in [4.69, 9.17) is 0 Å². The highest BCUT2D eigenvalue weighted by Crippen LogP contribution is 1.78. The summed E-state index contributed by atoms with van der Waals surface area (Å²) in [4.78, 5) is 10.3. The molecule has 0 amide bonds. The van der Waals surface area contributed by atoms with Crippen molar-refractivity contribution in [1.82, 2.24) is 6.15 Å². The van der Waals surface area contributed by atoms with Crippen molar-refractivity contribution in [2.75, 3.05) is 20.3 Å². The molecule has 0 aliphatic carbocycles. The summed E-state index contributed by atoms with van der Waals surface area (Å²) in [6, 6.07) is 0. The highest BCUT2D eigenvalue weighted by atomic mass is 16.6. The van der Waals surface area contributed by atoms with Crippen molar-refractivity contribution in [3.05, 3.63) is 12.7 Å². The van der Waals surface area contributed by atoms with Crippen LogP contribution in [0.15, 0.2) is 12.7 Å². The molecule has 0 spiro atoms. The van der Waals surface area contributed by atoms with Crippen LogP contribution in [0.4, 0.5) is 0 Å². The van der Waals surface area contributed by atoms with E-state index in [1.807, 2.05) is 0 Å². The van der Waals surface area contributed by atoms with E-state index in [0.717, 1.165) is 6.08 Å². The normalized spacial score (nSPS) is 7.70. The van der Waals surface area contributed by atoms with Crippen LogP contribution in [-0.4, -0.2) is 26.3 Å². The standard InChI is InChI=1S/C6H10O3.HN/c1-3-6(7)9-5-4-8-2;/h3H,1,4-5H2,2H3;1H. The molecule has 1 N–H and O–H groups in total. The Morgan fingerprint density at radius 3 is 2.60 bits per heavy atom. The number of nitrogens with one attached hydrogen (secondary N) is 1. The smallest absolute Gasteiger partial charge is 0.330 e. The lowest BCUT2D eigenvalue weighted by atomic mass is 10.6. The number of esters is 1. The van der Waals surface area contributed by atoms with Gasteiger partial charge in [0.05, 0.1) is 6.61 Å². The molecule has 0 saturated carbocycles. The highest BCUT2D eigenvalue weighted by Gasteiger charge is 1.91. The molecular formula is C6H11NO3. The number of carbonyl (C=O) groups excluding carboxylic acids is 1. The maximum atomic E-state index is 10.3. The zero-order valence-corrected chi connectivity index (χ0v) is 5.92. The fourth-order valence-corrected chi connectivity index (χ4v) is 0.285. The van der Waals surface area contributed by atoms with Crippen molar-refractivity contribution in [2.24, 2.45) is 0 Å². The van der Waals surface area contributed by atoms with E-state index in [-0.39, 0.29) is 6.15 Å². The van der Waals surface area contributed by atoms with Gasteiger partial charge in [0, 0.05) is 13.2 Å². The van der Waals surface area contributed by atoms with Gasteiger partial charge in [-0.15, -0.1) is 0 Å². The predicted octanol–water partition coefficient (Wildman–Crippen LogP) is 0.0956. The summed E-state index contributed by atoms with van der Waals surface area (Å²) in [5, 5.41) is 0. The van der Waals surface area contributed by atoms with Gasteiger partial charge in [0.2, 0.25) is 0 Å². The minimum absolute atomic E-state index is 0. The molecule has 4 heteroatoms. The molecule has 0 fully saturated rings. The highest BCUT2D eigenvalue weighted by molar-refractivity contribution is 5.81. The maximum Gasteiger partial charge on any atom is 0.330 e. The van der Waals surface area contributed by atoms with Crippen molar-refractivity contribution in [1.29, 1.82) is 0 Å². The second-order valence-electron chi connectivity index (χ2n) is 1.36. The quantitative estimate of drug-likeness (QED) is 0.320. The summed E-state index contributed by atoms with van der Waals surface area (Å²) >= 11 is 0. The fourth-order valence-electron chi connectivity index (χ4n) is 0.285. The van der Waals surface area contributed by atoms with E-state index in [2.05, 4.69) is 16.1 Å². The van der Waals surface area contributed by atoms with Crippen LogP contribution in [0.1, 0.15) is 0 Å². The molecule has 0 aliphatic heterocycles. The molecule has 4 nitrogen and oxygen atoms in total. The van der Waals surface area contributed by atoms with Crippen molar-refractivity contribution in [3.8, 4) is 0 Å². The van der Waals surface area contributed by atoms with Crippen LogP contribution in [0.25, 0.3) is 0 Å². The van der Waals surface area contributed by atoms with Gasteiger partial charge >= 0.3 is 5.97 Å². The minimum Gasteiger partial charge on any atom is -0.460 e. The van der Waals surface area contributed by atoms with Crippen molar-refractivity contribution in [3.63, 3.8) is 0 Å². The number of hydrogen-bond acceptors (Lipinski definition) is 3. The zero-order chi connectivity index (χ0) is 7.11. The molecule has 0 aromatic carbocycles. The van der Waals surface area contributed by atoms with Gasteiger partial charge in [-0.25, -0.2) is 4.79 Å². The molecule has 10 heavy (non-hydrogen) atoms. The lowest BCUT2D eigenvalue weighted by molar-refractivity contribution is -0.138. The fraction of sp³-hybridized carbons (Fsp3) is 0.500. The van der Waals surface area contributed by atoms with Crippen LogP contribution in [0.2, 0.25) is 0 Å². The Balaban J connectivity index is 0. The van der Waals surface area contributed by atoms with Gasteiger partial charge in [-0.1, -0.05) is 6.58 Å². The monoisotopic (exact) mass is 145 g/mol. The van der Waals surface area contributed by atoms with Crippen molar-refractivity contribution in [2.45, 2.75) is 0 Å². The number of ether oxygens (including phenoxy) is 2. The number of carbonyl (C=O) groups is 1. The van der Waals surface area contributed by atoms with Crippen LogP contribution in [0, 0.1) is 0 Å². The molecule has 58 valence electrons. The SMILES string of the molecule is C=CC(=O)OCCOC.[NH]. The zero-order valence-electron chi connectivity index (χ0n) is 5.92. The molecule has 0 aromatic heterocycles. The minimum atomic E-state index is -0.410. The van der Waals surface area contributed by atoms with E-state index in [9.17, 15) is 4.79 Å². The van der Waals surface area contributed by atoms with Gasteiger partial charge in [0.1, 0.15) is 6.61 Å². The third-order valence-corrected chi connectivity index (χ3v) is 0.698. The first-order valence-electron chi connectivity index (χ1n) is 2.59. The molecule has 0 heterocycles. The Morgan fingerprint density at radius 2 is 2.20 bits per heavy atom. The summed E-state index contributed by atoms with van der Waals surface area (Å²) in [5.41, 5.74) is 0. The van der Waals surface area contributed by atoms with Crippen LogP contribution in [0.3, 0.4) is 0 Å². The Kier molecular flexibility index (Phi) is 9.65. The molecule has 2 radical (unpaired) electrons. The second kappa shape index (κ2) is 8.13. The van der Waals surface area contributed by atoms with E-state index >= 15 is 0 Å². The van der Waals surface area contributed by atoms with Crippen LogP contribution in [0.5, 0.6) is 0 Å². The lowest BCUT2D eigenvalue weighted by Gasteiger charge is -1.98. The van der Waals surface area contributed by atoms with Crippen molar-refractivity contribution < 1.29 is 14.3 Å².